The molecule has 98 valence electrons. The zero-order valence-electron chi connectivity index (χ0n) is 10.8. The maximum absolute atomic E-state index is 10.1. The first kappa shape index (κ1) is 12.9. The van der Waals surface area contributed by atoms with Crippen LogP contribution in [0.4, 0.5) is 5.69 Å². The van der Waals surface area contributed by atoms with Crippen LogP contribution in [-0.2, 0) is 9.53 Å². The fourth-order valence-electron chi connectivity index (χ4n) is 2.22. The lowest BCUT2D eigenvalue weighted by Crippen LogP contribution is -2.47. The molecule has 0 aliphatic carbocycles. The number of nitrogens with zero attached hydrogens (tertiary/aromatic N) is 2. The summed E-state index contributed by atoms with van der Waals surface area (Å²) in [4.78, 5) is 14.8. The van der Waals surface area contributed by atoms with Gasteiger partial charge < -0.3 is 9.64 Å². The van der Waals surface area contributed by atoms with Crippen LogP contribution in [-0.4, -0.2) is 50.7 Å². The zero-order chi connectivity index (χ0) is 12.8. The predicted molar refractivity (Wildman–Crippen MR) is 71.8 cm³/mol. The maximum atomic E-state index is 10.1. The Morgan fingerprint density at radius 2 is 1.83 bits per heavy atom. The van der Waals surface area contributed by atoms with E-state index in [2.05, 4.69) is 41.0 Å². The summed E-state index contributed by atoms with van der Waals surface area (Å²) in [5, 5.41) is 0. The minimum absolute atomic E-state index is 0.494. The molecule has 1 aliphatic heterocycles. The second-order valence-electron chi connectivity index (χ2n) is 4.63. The molecule has 1 saturated heterocycles. The summed E-state index contributed by atoms with van der Waals surface area (Å²) in [6.07, 6.45) is 0. The molecule has 0 spiro atoms. The van der Waals surface area contributed by atoms with Crippen LogP contribution in [0.5, 0.6) is 0 Å². The average Bonchev–Trinajstić information content (AvgIpc) is 2.41. The number of ether oxygens (including phenoxy) is 1. The fraction of sp³-hybridized carbons (Fsp3) is 0.500. The number of benzene rings is 1. The third kappa shape index (κ3) is 3.47. The predicted octanol–water partition coefficient (Wildman–Crippen LogP) is 1.29. The SMILES string of the molecule is Cc1ccc(N2CCN(CCOC=O)CC2)cc1. The molecule has 0 aromatic heterocycles. The van der Waals surface area contributed by atoms with Gasteiger partial charge in [0.2, 0.25) is 0 Å². The highest BCUT2D eigenvalue weighted by Crippen LogP contribution is 2.16. The van der Waals surface area contributed by atoms with Gasteiger partial charge in [-0.05, 0) is 19.1 Å². The smallest absolute Gasteiger partial charge is 0.293 e. The molecule has 1 fully saturated rings. The van der Waals surface area contributed by atoms with Crippen LogP contribution in [0.25, 0.3) is 0 Å². The number of hydrogen-bond donors (Lipinski definition) is 0. The summed E-state index contributed by atoms with van der Waals surface area (Å²) in [7, 11) is 0. The van der Waals surface area contributed by atoms with Crippen molar-refractivity contribution in [3.63, 3.8) is 0 Å². The topological polar surface area (TPSA) is 32.8 Å². The summed E-state index contributed by atoms with van der Waals surface area (Å²) >= 11 is 0. The van der Waals surface area contributed by atoms with E-state index in [-0.39, 0.29) is 0 Å². The fourth-order valence-corrected chi connectivity index (χ4v) is 2.22. The molecule has 1 aromatic carbocycles. The number of piperazine rings is 1. The second-order valence-corrected chi connectivity index (χ2v) is 4.63. The number of anilines is 1. The van der Waals surface area contributed by atoms with E-state index >= 15 is 0 Å². The molecule has 2 rings (SSSR count). The van der Waals surface area contributed by atoms with Crippen molar-refractivity contribution in [3.8, 4) is 0 Å². The lowest BCUT2D eigenvalue weighted by atomic mass is 10.2. The molecule has 4 heteroatoms. The third-order valence-electron chi connectivity index (χ3n) is 3.36. The van der Waals surface area contributed by atoms with Crippen molar-refractivity contribution in [1.29, 1.82) is 0 Å². The Hall–Kier alpha value is -1.55. The van der Waals surface area contributed by atoms with Crippen molar-refractivity contribution in [2.24, 2.45) is 0 Å². The van der Waals surface area contributed by atoms with E-state index in [0.29, 0.717) is 13.1 Å². The molecular formula is C14H20N2O2. The minimum Gasteiger partial charge on any atom is -0.467 e. The second kappa shape index (κ2) is 6.40. The van der Waals surface area contributed by atoms with Gasteiger partial charge in [-0.25, -0.2) is 0 Å². The summed E-state index contributed by atoms with van der Waals surface area (Å²) in [6.45, 7) is 8.06. The van der Waals surface area contributed by atoms with Crippen LogP contribution in [0.1, 0.15) is 5.56 Å². The molecule has 4 nitrogen and oxygen atoms in total. The summed E-state index contributed by atoms with van der Waals surface area (Å²) in [6, 6.07) is 8.67. The van der Waals surface area contributed by atoms with Crippen molar-refractivity contribution >= 4 is 12.2 Å². The standard InChI is InChI=1S/C14H20N2O2/c1-13-2-4-14(5-3-13)16-8-6-15(7-9-16)10-11-18-12-17/h2-5,12H,6-11H2,1H3. The molecule has 18 heavy (non-hydrogen) atoms. The Bertz CT molecular complexity index is 370. The number of carbonyl (C=O) groups is 1. The number of aryl methyl sites for hydroxylation is 1. The lowest BCUT2D eigenvalue weighted by molar-refractivity contribution is -0.129. The van der Waals surface area contributed by atoms with Crippen LogP contribution in [0, 0.1) is 6.92 Å². The molecule has 0 bridgehead atoms. The van der Waals surface area contributed by atoms with Crippen LogP contribution in [0.15, 0.2) is 24.3 Å². The van der Waals surface area contributed by atoms with Crippen molar-refractivity contribution in [2.45, 2.75) is 6.92 Å². The van der Waals surface area contributed by atoms with Gasteiger partial charge in [-0.3, -0.25) is 9.69 Å². The number of rotatable bonds is 5. The monoisotopic (exact) mass is 248 g/mol. The van der Waals surface area contributed by atoms with E-state index in [1.165, 1.54) is 11.3 Å². The van der Waals surface area contributed by atoms with E-state index in [1.54, 1.807) is 0 Å². The van der Waals surface area contributed by atoms with Crippen molar-refractivity contribution in [2.75, 3.05) is 44.2 Å². The Morgan fingerprint density at radius 3 is 2.44 bits per heavy atom. The highest BCUT2D eigenvalue weighted by atomic mass is 16.5. The van der Waals surface area contributed by atoms with Gasteiger partial charge in [0.1, 0.15) is 6.61 Å². The molecule has 1 heterocycles. The van der Waals surface area contributed by atoms with Crippen molar-refractivity contribution < 1.29 is 9.53 Å². The van der Waals surface area contributed by atoms with Gasteiger partial charge in [-0.2, -0.15) is 0 Å². The first-order valence-electron chi connectivity index (χ1n) is 6.39. The summed E-state index contributed by atoms with van der Waals surface area (Å²) in [5.41, 5.74) is 2.59. The van der Waals surface area contributed by atoms with E-state index in [0.717, 1.165) is 32.7 Å². The highest BCUT2D eigenvalue weighted by molar-refractivity contribution is 5.47. The van der Waals surface area contributed by atoms with E-state index in [9.17, 15) is 4.79 Å². The minimum atomic E-state index is 0.494. The average molecular weight is 248 g/mol. The Kier molecular flexibility index (Phi) is 4.59. The van der Waals surface area contributed by atoms with E-state index in [4.69, 9.17) is 4.74 Å². The van der Waals surface area contributed by atoms with Crippen LogP contribution >= 0.6 is 0 Å². The highest BCUT2D eigenvalue weighted by Gasteiger charge is 2.16. The normalized spacial score (nSPS) is 16.6. The molecule has 0 unspecified atom stereocenters. The van der Waals surface area contributed by atoms with E-state index < -0.39 is 0 Å². The van der Waals surface area contributed by atoms with Crippen LogP contribution in [0.2, 0.25) is 0 Å². The van der Waals surface area contributed by atoms with Gasteiger partial charge in [0.05, 0.1) is 0 Å². The van der Waals surface area contributed by atoms with Crippen LogP contribution < -0.4 is 4.90 Å². The molecule has 1 aliphatic rings. The van der Waals surface area contributed by atoms with Gasteiger partial charge in [-0.1, -0.05) is 17.7 Å². The van der Waals surface area contributed by atoms with Crippen molar-refractivity contribution in [3.05, 3.63) is 29.8 Å². The Balaban J connectivity index is 1.79. The van der Waals surface area contributed by atoms with Gasteiger partial charge in [0.25, 0.3) is 6.47 Å². The van der Waals surface area contributed by atoms with Gasteiger partial charge in [0.15, 0.2) is 0 Å². The zero-order valence-corrected chi connectivity index (χ0v) is 10.8. The Labute approximate surface area is 108 Å². The third-order valence-corrected chi connectivity index (χ3v) is 3.36. The molecule has 0 amide bonds. The van der Waals surface area contributed by atoms with Gasteiger partial charge >= 0.3 is 0 Å². The first-order valence-corrected chi connectivity index (χ1v) is 6.39. The van der Waals surface area contributed by atoms with Crippen molar-refractivity contribution in [1.82, 2.24) is 4.90 Å². The summed E-state index contributed by atoms with van der Waals surface area (Å²) < 4.78 is 4.73. The quantitative estimate of drug-likeness (QED) is 0.580. The van der Waals surface area contributed by atoms with Gasteiger partial charge in [-0.15, -0.1) is 0 Å². The molecular weight excluding hydrogens is 228 g/mol. The number of carbonyl (C=O) groups excluding carboxylic acids is 1. The molecule has 0 radical (unpaired) electrons. The largest absolute Gasteiger partial charge is 0.467 e. The van der Waals surface area contributed by atoms with Gasteiger partial charge in [0, 0.05) is 38.4 Å². The molecule has 1 aromatic rings. The number of hydrogen-bond acceptors (Lipinski definition) is 4. The molecule has 0 atom stereocenters. The molecule has 0 saturated carbocycles. The first-order chi connectivity index (χ1) is 8.79. The molecule has 0 N–H and O–H groups in total. The Morgan fingerprint density at radius 1 is 1.17 bits per heavy atom. The maximum Gasteiger partial charge on any atom is 0.293 e. The van der Waals surface area contributed by atoms with Crippen LogP contribution in [0.3, 0.4) is 0 Å². The lowest BCUT2D eigenvalue weighted by Gasteiger charge is -2.35. The summed E-state index contributed by atoms with van der Waals surface area (Å²) in [5.74, 6) is 0. The van der Waals surface area contributed by atoms with E-state index in [1.807, 2.05) is 0 Å².